The Bertz CT molecular complexity index is 446. The second-order valence-corrected chi connectivity index (χ2v) is 8.99. The highest BCUT2D eigenvalue weighted by molar-refractivity contribution is 5.86. The van der Waals surface area contributed by atoms with E-state index in [2.05, 4.69) is 17.0 Å². The Morgan fingerprint density at radius 1 is 0.733 bits per heavy atom. The quantitative estimate of drug-likeness (QED) is 0.188. The Hall–Kier alpha value is -1.26. The molecule has 0 aromatic rings. The highest BCUT2D eigenvalue weighted by atomic mass is 16.5. The number of nitrogens with one attached hydrogen (secondary N) is 1. The van der Waals surface area contributed by atoms with Gasteiger partial charge in [-0.15, -0.1) is 0 Å². The summed E-state index contributed by atoms with van der Waals surface area (Å²) in [6.45, 7) is 2.72. The highest BCUT2D eigenvalue weighted by Gasteiger charge is 2.44. The van der Waals surface area contributed by atoms with E-state index in [1.165, 1.54) is 90.6 Å². The number of rotatable bonds is 18. The van der Waals surface area contributed by atoms with Gasteiger partial charge in [-0.25, -0.2) is 9.59 Å². The van der Waals surface area contributed by atoms with Crippen molar-refractivity contribution < 1.29 is 19.1 Å². The molecule has 0 aromatic heterocycles. The van der Waals surface area contributed by atoms with Crippen LogP contribution in [0.15, 0.2) is 0 Å². The molecule has 30 heavy (non-hydrogen) atoms. The molecule has 1 rings (SSSR count). The summed E-state index contributed by atoms with van der Waals surface area (Å²) in [5.41, 5.74) is -0.872. The van der Waals surface area contributed by atoms with Gasteiger partial charge in [0.25, 0.3) is 0 Å². The van der Waals surface area contributed by atoms with Gasteiger partial charge in [-0.05, 0) is 19.3 Å². The third-order valence-electron chi connectivity index (χ3n) is 6.36. The molecule has 0 bridgehead atoms. The maximum Gasteiger partial charge on any atom is 0.407 e. The van der Waals surface area contributed by atoms with Crippen LogP contribution in [0.1, 0.15) is 129 Å². The van der Waals surface area contributed by atoms with Gasteiger partial charge in [0.2, 0.25) is 0 Å². The number of ether oxygens (including phenoxy) is 2. The van der Waals surface area contributed by atoms with Crippen molar-refractivity contribution in [1.82, 2.24) is 5.32 Å². The molecule has 0 aliphatic heterocycles. The Morgan fingerprint density at radius 3 is 1.60 bits per heavy atom. The summed E-state index contributed by atoms with van der Waals surface area (Å²) in [7, 11) is 1.32. The molecule has 0 unspecified atom stereocenters. The molecular formula is C25H47NO4. The minimum Gasteiger partial charge on any atom is -0.464 e. The topological polar surface area (TPSA) is 64.6 Å². The summed E-state index contributed by atoms with van der Waals surface area (Å²) in [5, 5.41) is 2.71. The molecule has 1 amide bonds. The van der Waals surface area contributed by atoms with Gasteiger partial charge in [-0.3, -0.25) is 0 Å². The van der Waals surface area contributed by atoms with E-state index in [1.54, 1.807) is 0 Å². The van der Waals surface area contributed by atoms with Crippen molar-refractivity contribution in [3.63, 3.8) is 0 Å². The van der Waals surface area contributed by atoms with Crippen LogP contribution in [0.5, 0.6) is 0 Å². The number of methoxy groups -OCH3 is 1. The van der Waals surface area contributed by atoms with Crippen LogP contribution in [0.4, 0.5) is 4.79 Å². The largest absolute Gasteiger partial charge is 0.464 e. The van der Waals surface area contributed by atoms with Crippen LogP contribution in [-0.4, -0.2) is 31.3 Å². The average molecular weight is 426 g/mol. The van der Waals surface area contributed by atoms with Crippen molar-refractivity contribution in [2.45, 2.75) is 134 Å². The lowest BCUT2D eigenvalue weighted by atomic mass is 9.98. The Balaban J connectivity index is 1.92. The normalized spacial score (nSPS) is 15.1. The Labute approximate surface area is 185 Å². The van der Waals surface area contributed by atoms with Crippen molar-refractivity contribution in [2.75, 3.05) is 13.7 Å². The fourth-order valence-electron chi connectivity index (χ4n) is 4.38. The zero-order valence-electron chi connectivity index (χ0n) is 19.8. The standard InChI is InChI=1S/C25H47NO4/c1-3-4-5-6-7-8-9-10-11-12-13-14-15-16-19-22-30-23(27)25(20-17-18-21-25)26-24(28)29-2/h3-22H2,1-2H3,(H,26,28). The van der Waals surface area contributed by atoms with Crippen molar-refractivity contribution in [3.05, 3.63) is 0 Å². The first-order chi connectivity index (χ1) is 14.6. The average Bonchev–Trinajstić information content (AvgIpc) is 3.22. The molecule has 0 saturated heterocycles. The first-order valence-corrected chi connectivity index (χ1v) is 12.7. The molecule has 5 nitrogen and oxygen atoms in total. The molecule has 176 valence electrons. The van der Waals surface area contributed by atoms with Crippen LogP contribution in [-0.2, 0) is 14.3 Å². The first-order valence-electron chi connectivity index (χ1n) is 12.7. The van der Waals surface area contributed by atoms with E-state index in [0.29, 0.717) is 19.4 Å². The second-order valence-electron chi connectivity index (χ2n) is 8.99. The molecule has 0 spiro atoms. The molecular weight excluding hydrogens is 378 g/mol. The summed E-state index contributed by atoms with van der Waals surface area (Å²) in [6, 6.07) is 0. The van der Waals surface area contributed by atoms with Gasteiger partial charge in [-0.2, -0.15) is 0 Å². The Morgan fingerprint density at radius 2 is 1.17 bits per heavy atom. The van der Waals surface area contributed by atoms with Crippen LogP contribution in [0, 0.1) is 0 Å². The second kappa shape index (κ2) is 17.4. The Kier molecular flexibility index (Phi) is 15.6. The number of carbonyl (C=O) groups excluding carboxylic acids is 2. The van der Waals surface area contributed by atoms with Crippen molar-refractivity contribution in [2.24, 2.45) is 0 Å². The van der Waals surface area contributed by atoms with Crippen molar-refractivity contribution in [1.29, 1.82) is 0 Å². The van der Waals surface area contributed by atoms with Crippen LogP contribution in [0.2, 0.25) is 0 Å². The lowest BCUT2D eigenvalue weighted by molar-refractivity contribution is -0.151. The maximum atomic E-state index is 12.5. The number of hydrogen-bond donors (Lipinski definition) is 1. The molecule has 0 heterocycles. The van der Waals surface area contributed by atoms with Gasteiger partial charge in [0.1, 0.15) is 5.54 Å². The molecule has 1 aliphatic rings. The molecule has 0 radical (unpaired) electrons. The highest BCUT2D eigenvalue weighted by Crippen LogP contribution is 2.31. The zero-order chi connectivity index (χ0) is 21.9. The van der Waals surface area contributed by atoms with Gasteiger partial charge < -0.3 is 14.8 Å². The lowest BCUT2D eigenvalue weighted by Gasteiger charge is -2.27. The van der Waals surface area contributed by atoms with E-state index < -0.39 is 11.6 Å². The minimum absolute atomic E-state index is 0.296. The smallest absolute Gasteiger partial charge is 0.407 e. The number of alkyl carbamates (subject to hydrolysis) is 1. The summed E-state index contributed by atoms with van der Waals surface area (Å²) in [6.07, 6.45) is 22.3. The maximum absolute atomic E-state index is 12.5. The van der Waals surface area contributed by atoms with Crippen molar-refractivity contribution >= 4 is 12.1 Å². The number of hydrogen-bond acceptors (Lipinski definition) is 4. The van der Waals surface area contributed by atoms with E-state index in [1.807, 2.05) is 0 Å². The lowest BCUT2D eigenvalue weighted by Crippen LogP contribution is -2.53. The van der Waals surface area contributed by atoms with Gasteiger partial charge in [0.15, 0.2) is 0 Å². The van der Waals surface area contributed by atoms with Crippen LogP contribution in [0.3, 0.4) is 0 Å². The van der Waals surface area contributed by atoms with Gasteiger partial charge in [-0.1, -0.05) is 110 Å². The molecule has 1 aliphatic carbocycles. The van der Waals surface area contributed by atoms with Crippen LogP contribution >= 0.6 is 0 Å². The molecule has 1 saturated carbocycles. The van der Waals surface area contributed by atoms with Crippen LogP contribution in [0.25, 0.3) is 0 Å². The predicted molar refractivity (Wildman–Crippen MR) is 123 cm³/mol. The number of esters is 1. The van der Waals surface area contributed by atoms with E-state index in [-0.39, 0.29) is 5.97 Å². The summed E-state index contributed by atoms with van der Waals surface area (Å²) in [4.78, 5) is 24.0. The molecule has 5 heteroatoms. The van der Waals surface area contributed by atoms with Gasteiger partial charge in [0.05, 0.1) is 13.7 Å². The summed E-state index contributed by atoms with van der Waals surface area (Å²) >= 11 is 0. The van der Waals surface area contributed by atoms with Crippen LogP contribution < -0.4 is 5.32 Å². The van der Waals surface area contributed by atoms with E-state index in [4.69, 9.17) is 4.74 Å². The third kappa shape index (κ3) is 11.8. The number of unbranched alkanes of at least 4 members (excludes halogenated alkanes) is 14. The molecule has 1 N–H and O–H groups in total. The molecule has 0 atom stereocenters. The monoisotopic (exact) mass is 425 g/mol. The number of carbonyl (C=O) groups is 2. The fourth-order valence-corrected chi connectivity index (χ4v) is 4.38. The van der Waals surface area contributed by atoms with E-state index >= 15 is 0 Å². The summed E-state index contributed by atoms with van der Waals surface area (Å²) in [5.74, 6) is -0.296. The van der Waals surface area contributed by atoms with Gasteiger partial charge >= 0.3 is 12.1 Å². The van der Waals surface area contributed by atoms with Crippen molar-refractivity contribution in [3.8, 4) is 0 Å². The first kappa shape index (κ1) is 26.8. The fraction of sp³-hybridized carbons (Fsp3) is 0.920. The van der Waals surface area contributed by atoms with E-state index in [0.717, 1.165) is 25.7 Å². The number of amides is 1. The summed E-state index contributed by atoms with van der Waals surface area (Å²) < 4.78 is 10.1. The SMILES string of the molecule is CCCCCCCCCCCCCCCCCOC(=O)C1(NC(=O)OC)CCCC1. The molecule has 1 fully saturated rings. The van der Waals surface area contributed by atoms with Gasteiger partial charge in [0, 0.05) is 0 Å². The molecule has 0 aromatic carbocycles. The third-order valence-corrected chi connectivity index (χ3v) is 6.36. The van der Waals surface area contributed by atoms with E-state index in [9.17, 15) is 9.59 Å². The zero-order valence-corrected chi connectivity index (χ0v) is 19.8. The minimum atomic E-state index is -0.872. The predicted octanol–water partition coefficient (Wildman–Crippen LogP) is 7.07.